The first-order valence-electron chi connectivity index (χ1n) is 7.80. The van der Waals surface area contributed by atoms with Crippen LogP contribution in [0, 0.1) is 0 Å². The van der Waals surface area contributed by atoms with Crippen LogP contribution >= 0.6 is 0 Å². The molecule has 1 aromatic heterocycles. The summed E-state index contributed by atoms with van der Waals surface area (Å²) in [4.78, 5) is 27.4. The minimum atomic E-state index is -1.12. The van der Waals surface area contributed by atoms with Crippen LogP contribution < -0.4 is 5.32 Å². The first-order chi connectivity index (χ1) is 11.6. The second-order valence-corrected chi connectivity index (χ2v) is 5.34. The molecule has 2 aromatic rings. The van der Waals surface area contributed by atoms with E-state index in [0.29, 0.717) is 0 Å². The van der Waals surface area contributed by atoms with Crippen molar-refractivity contribution in [3.05, 3.63) is 54.1 Å². The van der Waals surface area contributed by atoms with Crippen molar-refractivity contribution in [2.24, 2.45) is 0 Å². The molecule has 128 valence electrons. The van der Waals surface area contributed by atoms with Crippen LogP contribution in [0.25, 0.3) is 0 Å². The molecule has 1 amide bonds. The molecule has 7 heteroatoms. The molecular weight excluding hydrogens is 310 g/mol. The number of hydrogen-bond donors (Lipinski definition) is 2. The smallest absolute Gasteiger partial charge is 0.408 e. The van der Waals surface area contributed by atoms with Gasteiger partial charge in [-0.3, -0.25) is 0 Å². The fourth-order valence-electron chi connectivity index (χ4n) is 2.25. The lowest BCUT2D eigenvalue weighted by Crippen LogP contribution is -2.44. The number of benzene rings is 1. The van der Waals surface area contributed by atoms with Crippen molar-refractivity contribution in [3.63, 3.8) is 0 Å². The summed E-state index contributed by atoms with van der Waals surface area (Å²) in [6.07, 6.45) is 4.22. The van der Waals surface area contributed by atoms with Crippen LogP contribution in [0.3, 0.4) is 0 Å². The van der Waals surface area contributed by atoms with Gasteiger partial charge in [0, 0.05) is 18.8 Å². The molecule has 0 saturated heterocycles. The highest BCUT2D eigenvalue weighted by atomic mass is 16.5. The van der Waals surface area contributed by atoms with Crippen molar-refractivity contribution in [3.8, 4) is 0 Å². The summed E-state index contributed by atoms with van der Waals surface area (Å²) >= 11 is 0. The maximum atomic E-state index is 11.8. The third kappa shape index (κ3) is 5.12. The highest BCUT2D eigenvalue weighted by molar-refractivity contribution is 5.79. The largest absolute Gasteiger partial charge is 0.480 e. The Balaban J connectivity index is 1.91. The van der Waals surface area contributed by atoms with Crippen LogP contribution in [-0.2, 0) is 29.1 Å². The molecule has 0 spiro atoms. The number of carboxylic acids is 1. The van der Waals surface area contributed by atoms with Crippen LogP contribution in [0.1, 0.15) is 24.7 Å². The van der Waals surface area contributed by atoms with E-state index in [1.165, 1.54) is 0 Å². The number of carboxylic acid groups (broad SMARTS) is 1. The minimum absolute atomic E-state index is 0.0885. The number of hydrogen-bond acceptors (Lipinski definition) is 4. The Labute approximate surface area is 140 Å². The number of ether oxygens (including phenoxy) is 1. The number of aryl methyl sites for hydroxylation is 1. The molecule has 2 rings (SSSR count). The van der Waals surface area contributed by atoms with Crippen LogP contribution in [0.2, 0.25) is 0 Å². The van der Waals surface area contributed by atoms with Gasteiger partial charge in [0.1, 0.15) is 18.5 Å². The molecule has 0 aliphatic carbocycles. The number of carbonyl (C=O) groups is 2. The molecule has 1 unspecified atom stereocenters. The van der Waals surface area contributed by atoms with Gasteiger partial charge in [0.2, 0.25) is 0 Å². The van der Waals surface area contributed by atoms with Gasteiger partial charge in [-0.05, 0) is 12.0 Å². The molecule has 1 aromatic carbocycles. The number of amides is 1. The Morgan fingerprint density at radius 2 is 2.08 bits per heavy atom. The molecule has 1 atom stereocenters. The summed E-state index contributed by atoms with van der Waals surface area (Å²) < 4.78 is 6.80. The van der Waals surface area contributed by atoms with Gasteiger partial charge in [-0.2, -0.15) is 0 Å². The van der Waals surface area contributed by atoms with E-state index in [-0.39, 0.29) is 13.2 Å². The van der Waals surface area contributed by atoms with E-state index in [2.05, 4.69) is 10.3 Å². The number of aliphatic carboxylic acids is 1. The van der Waals surface area contributed by atoms with E-state index in [1.807, 2.05) is 37.3 Å². The molecule has 7 nitrogen and oxygen atoms in total. The number of nitrogens with one attached hydrogen (secondary N) is 1. The van der Waals surface area contributed by atoms with E-state index in [4.69, 9.17) is 4.74 Å². The number of imidazole rings is 1. The molecule has 2 N–H and O–H groups in total. The maximum absolute atomic E-state index is 11.8. The zero-order valence-electron chi connectivity index (χ0n) is 13.5. The zero-order chi connectivity index (χ0) is 17.4. The predicted octanol–water partition coefficient (Wildman–Crippen LogP) is 2.22. The summed E-state index contributed by atoms with van der Waals surface area (Å²) in [5.41, 5.74) is 0.833. The first kappa shape index (κ1) is 17.5. The van der Waals surface area contributed by atoms with Gasteiger partial charge in [0.15, 0.2) is 0 Å². The molecule has 0 radical (unpaired) electrons. The Morgan fingerprint density at radius 3 is 2.75 bits per heavy atom. The summed E-state index contributed by atoms with van der Waals surface area (Å²) in [6.45, 7) is 2.21. The number of carbonyl (C=O) groups excluding carboxylic acids is 1. The van der Waals surface area contributed by atoms with Gasteiger partial charge < -0.3 is 19.7 Å². The zero-order valence-corrected chi connectivity index (χ0v) is 13.5. The van der Waals surface area contributed by atoms with Gasteiger partial charge in [-0.1, -0.05) is 37.3 Å². The van der Waals surface area contributed by atoms with Gasteiger partial charge in [0.25, 0.3) is 0 Å². The molecule has 0 aliphatic heterocycles. The van der Waals surface area contributed by atoms with Gasteiger partial charge >= 0.3 is 12.1 Å². The predicted molar refractivity (Wildman–Crippen MR) is 87.4 cm³/mol. The van der Waals surface area contributed by atoms with E-state index < -0.39 is 18.1 Å². The SMILES string of the molecule is CCCc1nccn1CC(NC(=O)OCc1ccccc1)C(=O)O. The number of aromatic nitrogens is 2. The summed E-state index contributed by atoms with van der Waals surface area (Å²) in [7, 11) is 0. The quantitative estimate of drug-likeness (QED) is 0.773. The summed E-state index contributed by atoms with van der Waals surface area (Å²) in [5, 5.41) is 11.7. The number of nitrogens with zero attached hydrogens (tertiary/aromatic N) is 2. The lowest BCUT2D eigenvalue weighted by molar-refractivity contribution is -0.139. The monoisotopic (exact) mass is 331 g/mol. The fraction of sp³-hybridized carbons (Fsp3) is 0.353. The van der Waals surface area contributed by atoms with Crippen molar-refractivity contribution < 1.29 is 19.4 Å². The second-order valence-electron chi connectivity index (χ2n) is 5.34. The highest BCUT2D eigenvalue weighted by Crippen LogP contribution is 2.05. The van der Waals surface area contributed by atoms with Crippen molar-refractivity contribution in [1.82, 2.24) is 14.9 Å². The van der Waals surface area contributed by atoms with E-state index in [1.54, 1.807) is 17.0 Å². The minimum Gasteiger partial charge on any atom is -0.480 e. The van der Waals surface area contributed by atoms with Crippen molar-refractivity contribution >= 4 is 12.1 Å². The summed E-state index contributed by atoms with van der Waals surface area (Å²) in [6, 6.07) is 8.10. The lowest BCUT2D eigenvalue weighted by Gasteiger charge is -2.16. The first-order valence-corrected chi connectivity index (χ1v) is 7.80. The van der Waals surface area contributed by atoms with Crippen molar-refractivity contribution in [1.29, 1.82) is 0 Å². The van der Waals surface area contributed by atoms with Gasteiger partial charge in [0.05, 0.1) is 6.54 Å². The maximum Gasteiger partial charge on any atom is 0.408 e. The van der Waals surface area contributed by atoms with Crippen LogP contribution in [0.15, 0.2) is 42.7 Å². The van der Waals surface area contributed by atoms with Gasteiger partial charge in [-0.15, -0.1) is 0 Å². The number of rotatable bonds is 8. The van der Waals surface area contributed by atoms with Crippen LogP contribution in [-0.4, -0.2) is 32.8 Å². The lowest BCUT2D eigenvalue weighted by atomic mass is 10.2. The molecular formula is C17H21N3O4. The average molecular weight is 331 g/mol. The van der Waals surface area contributed by atoms with Crippen molar-refractivity contribution in [2.45, 2.75) is 39.0 Å². The molecule has 0 saturated carbocycles. The Kier molecular flexibility index (Phi) is 6.36. The highest BCUT2D eigenvalue weighted by Gasteiger charge is 2.22. The van der Waals surface area contributed by atoms with E-state index in [9.17, 15) is 14.7 Å². The molecule has 0 bridgehead atoms. The number of alkyl carbamates (subject to hydrolysis) is 1. The molecule has 0 fully saturated rings. The van der Waals surface area contributed by atoms with Crippen molar-refractivity contribution in [2.75, 3.05) is 0 Å². The molecule has 0 aliphatic rings. The van der Waals surface area contributed by atoms with Gasteiger partial charge in [-0.25, -0.2) is 14.6 Å². The van der Waals surface area contributed by atoms with E-state index in [0.717, 1.165) is 24.2 Å². The topological polar surface area (TPSA) is 93.5 Å². The normalized spacial score (nSPS) is 11.7. The summed E-state index contributed by atoms with van der Waals surface area (Å²) in [5.74, 6) is -0.328. The third-order valence-corrected chi connectivity index (χ3v) is 3.46. The standard InChI is InChI=1S/C17H21N3O4/c1-2-6-15-18-9-10-20(15)11-14(16(21)22)19-17(23)24-12-13-7-4-3-5-8-13/h3-5,7-10,14H,2,6,11-12H2,1H3,(H,19,23)(H,21,22). The Bertz CT molecular complexity index is 669. The molecule has 24 heavy (non-hydrogen) atoms. The second kappa shape index (κ2) is 8.71. The average Bonchev–Trinajstić information content (AvgIpc) is 3.00. The van der Waals surface area contributed by atoms with Crippen LogP contribution in [0.4, 0.5) is 4.79 Å². The Morgan fingerprint density at radius 1 is 1.33 bits per heavy atom. The molecule has 1 heterocycles. The van der Waals surface area contributed by atoms with Crippen LogP contribution in [0.5, 0.6) is 0 Å². The fourth-order valence-corrected chi connectivity index (χ4v) is 2.25. The van der Waals surface area contributed by atoms with E-state index >= 15 is 0 Å². The third-order valence-electron chi connectivity index (χ3n) is 3.46. The Hall–Kier alpha value is -2.83.